The summed E-state index contributed by atoms with van der Waals surface area (Å²) >= 11 is 0. The molecule has 13 rings (SSSR count). The Morgan fingerprint density at radius 2 is 0.773 bits per heavy atom. The number of furan rings is 1. The van der Waals surface area contributed by atoms with E-state index in [0.29, 0.717) is 0 Å². The smallest absolute Gasteiger partial charge is 0.145 e. The highest BCUT2D eigenvalue weighted by atomic mass is 16.3. The predicted molar refractivity (Wildman–Crippen MR) is 280 cm³/mol. The molecule has 66 heavy (non-hydrogen) atoms. The van der Waals surface area contributed by atoms with Crippen molar-refractivity contribution in [3.05, 3.63) is 249 Å². The lowest BCUT2D eigenvalue weighted by Gasteiger charge is -2.27. The van der Waals surface area contributed by atoms with Gasteiger partial charge in [-0.1, -0.05) is 200 Å². The molecule has 0 spiro atoms. The topological polar surface area (TPSA) is 16.4 Å². The average molecular weight is 840 g/mol. The number of nitrogens with zero attached hydrogens (tertiary/aromatic N) is 1. The maximum atomic E-state index is 6.93. The predicted octanol–water partition coefficient (Wildman–Crippen LogP) is 18.3. The van der Waals surface area contributed by atoms with Gasteiger partial charge in [-0.05, 0) is 131 Å². The van der Waals surface area contributed by atoms with Crippen molar-refractivity contribution in [1.29, 1.82) is 0 Å². The second kappa shape index (κ2) is 15.5. The summed E-state index contributed by atoms with van der Waals surface area (Å²) in [6, 6.07) is 90.1. The minimum Gasteiger partial charge on any atom is -0.455 e. The van der Waals surface area contributed by atoms with Gasteiger partial charge in [-0.3, -0.25) is 0 Å². The molecule has 0 radical (unpaired) electrons. The third kappa shape index (κ3) is 6.26. The maximum Gasteiger partial charge on any atom is 0.145 e. The maximum absolute atomic E-state index is 6.93. The summed E-state index contributed by atoms with van der Waals surface area (Å²) in [6.07, 6.45) is 0. The van der Waals surface area contributed by atoms with Crippen LogP contribution in [0, 0.1) is 0 Å². The fourth-order valence-electron chi connectivity index (χ4n) is 10.3. The summed E-state index contributed by atoms with van der Waals surface area (Å²) in [7, 11) is 0. The SMILES string of the molecule is c1ccc(-c2ccc(-c3cccc(N(c4ccc(-c5ccc6c7ccccc7c7ccccc7c6c5)cc4)c4ccc(-c5cccc6ccccc56)c5oc6ccccc6c45)c3)cc2)cc1. The first-order chi connectivity index (χ1) is 32.7. The van der Waals surface area contributed by atoms with Crippen LogP contribution < -0.4 is 4.90 Å². The number of para-hydroxylation sites is 1. The fraction of sp³-hybridized carbons (Fsp3) is 0. The van der Waals surface area contributed by atoms with Crippen LogP contribution in [0.5, 0.6) is 0 Å². The molecular formula is C64H41NO. The van der Waals surface area contributed by atoms with E-state index in [-0.39, 0.29) is 0 Å². The molecule has 308 valence electrons. The Labute approximate surface area is 382 Å². The molecule has 0 fully saturated rings. The van der Waals surface area contributed by atoms with Gasteiger partial charge in [0.05, 0.1) is 11.1 Å². The van der Waals surface area contributed by atoms with Crippen LogP contribution in [0.3, 0.4) is 0 Å². The quantitative estimate of drug-likeness (QED) is 0.149. The summed E-state index contributed by atoms with van der Waals surface area (Å²) in [6.45, 7) is 0. The van der Waals surface area contributed by atoms with Gasteiger partial charge in [0, 0.05) is 22.3 Å². The van der Waals surface area contributed by atoms with E-state index in [0.717, 1.165) is 66.8 Å². The van der Waals surface area contributed by atoms with Gasteiger partial charge in [-0.15, -0.1) is 0 Å². The van der Waals surface area contributed by atoms with Gasteiger partial charge < -0.3 is 9.32 Å². The Kier molecular flexibility index (Phi) is 8.89. The summed E-state index contributed by atoms with van der Waals surface area (Å²) < 4.78 is 6.93. The van der Waals surface area contributed by atoms with Gasteiger partial charge in [0.1, 0.15) is 11.2 Å². The third-order valence-electron chi connectivity index (χ3n) is 13.5. The molecule has 0 atom stereocenters. The number of hydrogen-bond acceptors (Lipinski definition) is 2. The zero-order valence-corrected chi connectivity index (χ0v) is 36.0. The Balaban J connectivity index is 0.989. The molecule has 0 bridgehead atoms. The van der Waals surface area contributed by atoms with Gasteiger partial charge in [-0.2, -0.15) is 0 Å². The number of fused-ring (bicyclic) bond motifs is 10. The minimum absolute atomic E-state index is 0.862. The van der Waals surface area contributed by atoms with E-state index in [4.69, 9.17) is 4.42 Å². The number of anilines is 3. The highest BCUT2D eigenvalue weighted by Gasteiger charge is 2.23. The van der Waals surface area contributed by atoms with Crippen molar-refractivity contribution in [2.24, 2.45) is 0 Å². The zero-order chi connectivity index (χ0) is 43.6. The van der Waals surface area contributed by atoms with Gasteiger partial charge in [0.2, 0.25) is 0 Å². The van der Waals surface area contributed by atoms with Crippen molar-refractivity contribution in [2.75, 3.05) is 4.90 Å². The normalized spacial score (nSPS) is 11.6. The van der Waals surface area contributed by atoms with E-state index in [9.17, 15) is 0 Å². The molecule has 2 nitrogen and oxygen atoms in total. The standard InChI is InChI=1S/C64H41NO/c1-2-14-42(15-3-1)43-28-30-44(31-29-43)47-18-12-19-50(40-47)65(61-39-38-58(52-26-13-17-46-16-4-5-20-51(46)52)64-63(61)59-25-10-11-27-62(59)66-64)49-35-32-45(33-36-49)48-34-37-57-55-23-7-6-21-53(55)54-22-8-9-24-56(54)60(57)41-48/h1-41H. The van der Waals surface area contributed by atoms with Crippen molar-refractivity contribution in [1.82, 2.24) is 0 Å². The van der Waals surface area contributed by atoms with Crippen molar-refractivity contribution < 1.29 is 4.42 Å². The molecule has 1 aromatic heterocycles. The van der Waals surface area contributed by atoms with Gasteiger partial charge in [0.15, 0.2) is 0 Å². The van der Waals surface area contributed by atoms with Crippen molar-refractivity contribution in [3.63, 3.8) is 0 Å². The minimum atomic E-state index is 0.862. The number of benzene rings is 12. The van der Waals surface area contributed by atoms with E-state index >= 15 is 0 Å². The Morgan fingerprint density at radius 3 is 1.50 bits per heavy atom. The molecule has 1 heterocycles. The lowest BCUT2D eigenvalue weighted by atomic mass is 9.92. The van der Waals surface area contributed by atoms with Crippen molar-refractivity contribution in [2.45, 2.75) is 0 Å². The van der Waals surface area contributed by atoms with Crippen LogP contribution in [0.25, 0.3) is 110 Å². The molecule has 0 N–H and O–H groups in total. The molecule has 12 aromatic carbocycles. The van der Waals surface area contributed by atoms with E-state index in [1.807, 2.05) is 0 Å². The van der Waals surface area contributed by atoms with Gasteiger partial charge in [0.25, 0.3) is 0 Å². The van der Waals surface area contributed by atoms with E-state index < -0.39 is 0 Å². The summed E-state index contributed by atoms with van der Waals surface area (Å²) in [5.74, 6) is 0. The summed E-state index contributed by atoms with van der Waals surface area (Å²) in [5.41, 5.74) is 14.2. The Bertz CT molecular complexity index is 3940. The molecule has 0 aliphatic rings. The van der Waals surface area contributed by atoms with Crippen LogP contribution in [0.2, 0.25) is 0 Å². The monoisotopic (exact) mass is 839 g/mol. The molecule has 2 heteroatoms. The highest BCUT2D eigenvalue weighted by Crippen LogP contribution is 2.48. The first-order valence-corrected chi connectivity index (χ1v) is 22.7. The van der Waals surface area contributed by atoms with E-state index in [1.165, 1.54) is 59.8 Å². The molecular weight excluding hydrogens is 799 g/mol. The van der Waals surface area contributed by atoms with Crippen LogP contribution in [0.15, 0.2) is 253 Å². The van der Waals surface area contributed by atoms with Gasteiger partial charge >= 0.3 is 0 Å². The highest BCUT2D eigenvalue weighted by molar-refractivity contribution is 6.26. The molecule has 0 unspecified atom stereocenters. The largest absolute Gasteiger partial charge is 0.455 e. The molecule has 13 aromatic rings. The number of hydrogen-bond donors (Lipinski definition) is 0. The first kappa shape index (κ1) is 37.8. The average Bonchev–Trinajstić information content (AvgIpc) is 3.79. The van der Waals surface area contributed by atoms with E-state index in [2.05, 4.69) is 254 Å². The third-order valence-corrected chi connectivity index (χ3v) is 13.5. The second-order valence-corrected chi connectivity index (χ2v) is 17.2. The summed E-state index contributed by atoms with van der Waals surface area (Å²) in [4.78, 5) is 2.41. The lowest BCUT2D eigenvalue weighted by molar-refractivity contribution is 0.670. The fourth-order valence-corrected chi connectivity index (χ4v) is 10.3. The van der Waals surface area contributed by atoms with Crippen LogP contribution in [0.1, 0.15) is 0 Å². The first-order valence-electron chi connectivity index (χ1n) is 22.7. The molecule has 0 aliphatic carbocycles. The van der Waals surface area contributed by atoms with Crippen LogP contribution in [-0.4, -0.2) is 0 Å². The molecule has 0 amide bonds. The van der Waals surface area contributed by atoms with E-state index in [1.54, 1.807) is 0 Å². The summed E-state index contributed by atoms with van der Waals surface area (Å²) in [5, 5.41) is 12.2. The van der Waals surface area contributed by atoms with Crippen LogP contribution in [-0.2, 0) is 0 Å². The van der Waals surface area contributed by atoms with Crippen LogP contribution in [0.4, 0.5) is 17.1 Å². The lowest BCUT2D eigenvalue weighted by Crippen LogP contribution is -2.10. The van der Waals surface area contributed by atoms with Crippen LogP contribution >= 0.6 is 0 Å². The molecule has 0 saturated heterocycles. The number of rotatable bonds is 7. The molecule has 0 saturated carbocycles. The Morgan fingerprint density at radius 1 is 0.273 bits per heavy atom. The molecule has 0 aliphatic heterocycles. The Hall–Kier alpha value is -8.72. The van der Waals surface area contributed by atoms with Gasteiger partial charge in [-0.25, -0.2) is 0 Å². The van der Waals surface area contributed by atoms with Crippen molar-refractivity contribution >= 4 is 82.1 Å². The zero-order valence-electron chi connectivity index (χ0n) is 36.0. The second-order valence-electron chi connectivity index (χ2n) is 17.2. The van der Waals surface area contributed by atoms with Crippen molar-refractivity contribution in [3.8, 4) is 44.5 Å².